The zero-order chi connectivity index (χ0) is 16.1. The van der Waals surface area contributed by atoms with Gasteiger partial charge in [-0.2, -0.15) is 5.10 Å². The van der Waals surface area contributed by atoms with Crippen LogP contribution in [-0.4, -0.2) is 37.8 Å². The number of hydrogen-bond donors (Lipinski definition) is 1. The molecule has 1 aromatic rings. The summed E-state index contributed by atoms with van der Waals surface area (Å²) in [5.41, 5.74) is 3.73. The number of benzene rings is 1. The smallest absolute Gasteiger partial charge is 0.354 e. The molecule has 0 aromatic heterocycles. The lowest BCUT2D eigenvalue weighted by molar-refractivity contribution is -0.135. The molecule has 0 amide bonds. The van der Waals surface area contributed by atoms with Crippen LogP contribution in [0.4, 0.5) is 5.69 Å². The van der Waals surface area contributed by atoms with Crippen molar-refractivity contribution in [2.75, 3.05) is 25.7 Å². The first-order chi connectivity index (χ1) is 10.6. The van der Waals surface area contributed by atoms with E-state index in [1.807, 2.05) is 0 Å². The molecular formula is C15H18N2O5. The molecule has 0 radical (unpaired) electrons. The Morgan fingerprint density at radius 1 is 1.45 bits per heavy atom. The van der Waals surface area contributed by atoms with Gasteiger partial charge in [0, 0.05) is 6.42 Å². The number of esters is 1. The maximum Gasteiger partial charge on any atom is 0.354 e. The third-order valence-electron chi connectivity index (χ3n) is 3.11. The lowest BCUT2D eigenvalue weighted by atomic mass is 10.0. The van der Waals surface area contributed by atoms with E-state index in [4.69, 9.17) is 14.2 Å². The summed E-state index contributed by atoms with van der Waals surface area (Å²) >= 11 is 0. The zero-order valence-corrected chi connectivity index (χ0v) is 12.8. The number of Topliss-reactive ketones (excluding diaryl/α,β-unsaturated/α-hetero) is 1. The summed E-state index contributed by atoms with van der Waals surface area (Å²) in [6, 6.07) is 3.33. The van der Waals surface area contributed by atoms with E-state index in [-0.39, 0.29) is 24.5 Å². The normalized spacial score (nSPS) is 14.0. The number of hydrogen-bond acceptors (Lipinski definition) is 7. The molecule has 7 nitrogen and oxygen atoms in total. The summed E-state index contributed by atoms with van der Waals surface area (Å²) in [6.45, 7) is 3.83. The molecule has 0 saturated heterocycles. The van der Waals surface area contributed by atoms with Crippen molar-refractivity contribution in [2.24, 2.45) is 5.10 Å². The minimum absolute atomic E-state index is 0.0633. The molecular weight excluding hydrogens is 288 g/mol. The van der Waals surface area contributed by atoms with E-state index in [2.05, 4.69) is 10.5 Å². The largest absolute Gasteiger partial charge is 0.493 e. The summed E-state index contributed by atoms with van der Waals surface area (Å²) in [4.78, 5) is 23.7. The molecule has 22 heavy (non-hydrogen) atoms. The number of rotatable bonds is 5. The fourth-order valence-electron chi connectivity index (χ4n) is 2.03. The highest BCUT2D eigenvalue weighted by atomic mass is 16.5. The first-order valence-electron chi connectivity index (χ1n) is 6.92. The highest BCUT2D eigenvalue weighted by molar-refractivity contribution is 6.35. The number of ketones is 1. The topological polar surface area (TPSA) is 86.2 Å². The molecule has 1 aliphatic rings. The predicted molar refractivity (Wildman–Crippen MR) is 80.8 cm³/mol. The molecule has 0 fully saturated rings. The average molecular weight is 306 g/mol. The molecule has 118 valence electrons. The van der Waals surface area contributed by atoms with Gasteiger partial charge in [-0.15, -0.1) is 0 Å². The lowest BCUT2D eigenvalue weighted by Crippen LogP contribution is -2.19. The van der Waals surface area contributed by atoms with Gasteiger partial charge in [-0.05, 0) is 26.0 Å². The maximum absolute atomic E-state index is 12.1. The average Bonchev–Trinajstić information content (AvgIpc) is 2.52. The Labute approximate surface area is 128 Å². The quantitative estimate of drug-likeness (QED) is 0.509. The van der Waals surface area contributed by atoms with E-state index in [0.717, 1.165) is 0 Å². The number of nitrogens with one attached hydrogen (secondary N) is 1. The van der Waals surface area contributed by atoms with Crippen LogP contribution in [0.1, 0.15) is 30.6 Å². The van der Waals surface area contributed by atoms with Gasteiger partial charge in [-0.1, -0.05) is 0 Å². The number of carbonyl (C=O) groups is 2. The van der Waals surface area contributed by atoms with Gasteiger partial charge in [-0.25, -0.2) is 4.79 Å². The van der Waals surface area contributed by atoms with Crippen LogP contribution < -0.4 is 14.9 Å². The van der Waals surface area contributed by atoms with Gasteiger partial charge in [0.05, 0.1) is 31.6 Å². The van der Waals surface area contributed by atoms with E-state index >= 15 is 0 Å². The number of hydrazone groups is 1. The second kappa shape index (κ2) is 6.93. The van der Waals surface area contributed by atoms with Crippen molar-refractivity contribution in [1.29, 1.82) is 0 Å². The van der Waals surface area contributed by atoms with Crippen molar-refractivity contribution >= 4 is 23.2 Å². The van der Waals surface area contributed by atoms with Crippen molar-refractivity contribution < 1.29 is 23.8 Å². The number of fused-ring (bicyclic) bond motifs is 1. The predicted octanol–water partition coefficient (Wildman–Crippen LogP) is 2.01. The lowest BCUT2D eigenvalue weighted by Gasteiger charge is -2.21. The summed E-state index contributed by atoms with van der Waals surface area (Å²) < 4.78 is 15.6. The molecule has 0 spiro atoms. The molecule has 0 saturated carbocycles. The third kappa shape index (κ3) is 3.19. The van der Waals surface area contributed by atoms with Crippen molar-refractivity contribution in [3.63, 3.8) is 0 Å². The van der Waals surface area contributed by atoms with Crippen molar-refractivity contribution in [3.8, 4) is 11.5 Å². The van der Waals surface area contributed by atoms with Gasteiger partial charge in [0.1, 0.15) is 5.71 Å². The molecule has 0 unspecified atom stereocenters. The van der Waals surface area contributed by atoms with Gasteiger partial charge in [0.2, 0.25) is 0 Å². The number of carbonyl (C=O) groups excluding carboxylic acids is 2. The fraction of sp³-hybridized carbons (Fsp3) is 0.400. The minimum Gasteiger partial charge on any atom is -0.493 e. The van der Waals surface area contributed by atoms with Crippen LogP contribution in [0.3, 0.4) is 0 Å². The number of methoxy groups -OCH3 is 1. The molecule has 2 rings (SSSR count). The van der Waals surface area contributed by atoms with Gasteiger partial charge < -0.3 is 14.2 Å². The molecule has 0 atom stereocenters. The van der Waals surface area contributed by atoms with Crippen LogP contribution in [0.5, 0.6) is 11.5 Å². The second-order valence-electron chi connectivity index (χ2n) is 4.57. The molecule has 7 heteroatoms. The number of nitrogens with zero attached hydrogens (tertiary/aromatic N) is 1. The van der Waals surface area contributed by atoms with Crippen molar-refractivity contribution in [3.05, 3.63) is 17.7 Å². The van der Waals surface area contributed by atoms with E-state index in [9.17, 15) is 9.59 Å². The molecule has 0 bridgehead atoms. The Morgan fingerprint density at radius 2 is 2.23 bits per heavy atom. The van der Waals surface area contributed by atoms with Crippen LogP contribution >= 0.6 is 0 Å². The molecule has 1 heterocycles. The molecule has 0 aliphatic carbocycles. The number of ether oxygens (including phenoxy) is 3. The van der Waals surface area contributed by atoms with Crippen LogP contribution in [0, 0.1) is 0 Å². The van der Waals surface area contributed by atoms with Crippen LogP contribution in [0.25, 0.3) is 0 Å². The molecule has 1 N–H and O–H groups in total. The van der Waals surface area contributed by atoms with Gasteiger partial charge in [0.15, 0.2) is 17.3 Å². The Hall–Kier alpha value is -2.57. The summed E-state index contributed by atoms with van der Waals surface area (Å²) in [5, 5.41) is 3.95. The fourth-order valence-corrected chi connectivity index (χ4v) is 2.03. The Kier molecular flexibility index (Phi) is 4.98. The third-order valence-corrected chi connectivity index (χ3v) is 3.11. The van der Waals surface area contributed by atoms with Gasteiger partial charge in [0.25, 0.3) is 0 Å². The first kappa shape index (κ1) is 15.8. The zero-order valence-electron chi connectivity index (χ0n) is 12.8. The monoisotopic (exact) mass is 306 g/mol. The second-order valence-corrected chi connectivity index (χ2v) is 4.57. The van der Waals surface area contributed by atoms with Gasteiger partial charge in [-0.3, -0.25) is 10.2 Å². The Balaban J connectivity index is 2.31. The van der Waals surface area contributed by atoms with Crippen molar-refractivity contribution in [2.45, 2.75) is 20.3 Å². The molecule has 1 aromatic carbocycles. The van der Waals surface area contributed by atoms with Crippen LogP contribution in [0.2, 0.25) is 0 Å². The van der Waals surface area contributed by atoms with E-state index in [0.29, 0.717) is 29.4 Å². The Bertz CT molecular complexity index is 625. The van der Waals surface area contributed by atoms with Crippen LogP contribution in [-0.2, 0) is 9.53 Å². The standard InChI is InChI=1S/C15H18N2O5/c1-4-21-15(19)9(2)16-17-10-5-6-12(20-3)14-13(10)11(18)7-8-22-14/h5-6,17H,4,7-8H2,1-3H3/b16-9-. The highest BCUT2D eigenvalue weighted by Gasteiger charge is 2.25. The Morgan fingerprint density at radius 3 is 2.91 bits per heavy atom. The van der Waals surface area contributed by atoms with Gasteiger partial charge >= 0.3 is 5.97 Å². The minimum atomic E-state index is -0.514. The van der Waals surface area contributed by atoms with E-state index < -0.39 is 5.97 Å². The summed E-state index contributed by atoms with van der Waals surface area (Å²) in [6.07, 6.45) is 0.287. The van der Waals surface area contributed by atoms with E-state index in [1.165, 1.54) is 14.0 Å². The van der Waals surface area contributed by atoms with Crippen molar-refractivity contribution in [1.82, 2.24) is 0 Å². The van der Waals surface area contributed by atoms with Crippen LogP contribution in [0.15, 0.2) is 17.2 Å². The maximum atomic E-state index is 12.1. The summed E-state index contributed by atoms with van der Waals surface area (Å²) in [7, 11) is 1.51. The highest BCUT2D eigenvalue weighted by Crippen LogP contribution is 2.39. The first-order valence-corrected chi connectivity index (χ1v) is 6.92. The molecule has 1 aliphatic heterocycles. The number of anilines is 1. The SMILES string of the molecule is CCOC(=O)/C(C)=N\Nc1ccc(OC)c2c1C(=O)CCO2. The van der Waals surface area contributed by atoms with E-state index in [1.54, 1.807) is 19.1 Å². The summed E-state index contributed by atoms with van der Waals surface area (Å²) in [5.74, 6) is 0.305.